The maximum absolute atomic E-state index is 2.38. The van der Waals surface area contributed by atoms with Gasteiger partial charge in [0.25, 0.3) is 0 Å². The van der Waals surface area contributed by atoms with E-state index < -0.39 is 0 Å². The molecule has 92 valence electrons. The molecule has 1 nitrogen and oxygen atoms in total. The SMILES string of the molecule is CC1=Cc2c(c3ccccc3n2-c2ccccc2)C1. The van der Waals surface area contributed by atoms with Crippen molar-refractivity contribution in [3.05, 3.63) is 71.4 Å². The summed E-state index contributed by atoms with van der Waals surface area (Å²) in [4.78, 5) is 0. The second-order valence-corrected chi connectivity index (χ2v) is 5.22. The van der Waals surface area contributed by atoms with Gasteiger partial charge in [0, 0.05) is 11.1 Å². The molecule has 1 heteroatoms. The van der Waals surface area contributed by atoms with Crippen molar-refractivity contribution in [2.45, 2.75) is 13.3 Å². The van der Waals surface area contributed by atoms with Crippen molar-refractivity contribution in [2.75, 3.05) is 0 Å². The Morgan fingerprint density at radius 1 is 0.895 bits per heavy atom. The Balaban J connectivity index is 2.13. The van der Waals surface area contributed by atoms with Crippen LogP contribution in [0.5, 0.6) is 0 Å². The van der Waals surface area contributed by atoms with Crippen LogP contribution in [-0.2, 0) is 6.42 Å². The zero-order valence-electron chi connectivity index (χ0n) is 10.9. The van der Waals surface area contributed by atoms with Crippen LogP contribution in [-0.4, -0.2) is 4.57 Å². The van der Waals surface area contributed by atoms with Crippen molar-refractivity contribution < 1.29 is 0 Å². The zero-order chi connectivity index (χ0) is 12.8. The number of nitrogens with zero attached hydrogens (tertiary/aromatic N) is 1. The first-order valence-corrected chi connectivity index (χ1v) is 6.69. The fourth-order valence-corrected chi connectivity index (χ4v) is 3.08. The van der Waals surface area contributed by atoms with Gasteiger partial charge in [-0.2, -0.15) is 0 Å². The lowest BCUT2D eigenvalue weighted by Crippen LogP contribution is -1.95. The molecule has 0 saturated carbocycles. The highest BCUT2D eigenvalue weighted by Gasteiger charge is 2.20. The molecule has 0 saturated heterocycles. The number of hydrogen-bond donors (Lipinski definition) is 0. The normalized spacial score (nSPS) is 13.6. The van der Waals surface area contributed by atoms with E-state index in [1.54, 1.807) is 0 Å². The fourth-order valence-electron chi connectivity index (χ4n) is 3.08. The van der Waals surface area contributed by atoms with Crippen molar-refractivity contribution in [3.8, 4) is 5.69 Å². The number of rotatable bonds is 1. The summed E-state index contributed by atoms with van der Waals surface area (Å²) in [5.74, 6) is 0. The third-order valence-electron chi connectivity index (χ3n) is 3.87. The largest absolute Gasteiger partial charge is 0.310 e. The van der Waals surface area contributed by atoms with Gasteiger partial charge in [-0.25, -0.2) is 0 Å². The van der Waals surface area contributed by atoms with Crippen molar-refractivity contribution >= 4 is 17.0 Å². The lowest BCUT2D eigenvalue weighted by molar-refractivity contribution is 1.10. The van der Waals surface area contributed by atoms with E-state index in [1.165, 1.54) is 33.4 Å². The van der Waals surface area contributed by atoms with E-state index in [1.807, 2.05) is 0 Å². The Bertz CT molecular complexity index is 791. The highest BCUT2D eigenvalue weighted by atomic mass is 15.0. The maximum atomic E-state index is 2.38. The third kappa shape index (κ3) is 1.48. The lowest BCUT2D eigenvalue weighted by Gasteiger charge is -2.08. The highest BCUT2D eigenvalue weighted by molar-refractivity contribution is 5.92. The lowest BCUT2D eigenvalue weighted by atomic mass is 10.1. The molecular weight excluding hydrogens is 230 g/mol. The molecule has 3 aromatic rings. The Morgan fingerprint density at radius 2 is 1.63 bits per heavy atom. The Kier molecular flexibility index (Phi) is 2.16. The van der Waals surface area contributed by atoms with Crippen LogP contribution in [0.15, 0.2) is 60.2 Å². The molecule has 0 fully saturated rings. The average molecular weight is 245 g/mol. The average Bonchev–Trinajstić information content (AvgIpc) is 2.95. The molecule has 19 heavy (non-hydrogen) atoms. The number of allylic oxidation sites excluding steroid dienone is 1. The number of benzene rings is 2. The van der Waals surface area contributed by atoms with Gasteiger partial charge < -0.3 is 4.57 Å². The third-order valence-corrected chi connectivity index (χ3v) is 3.87. The molecule has 0 atom stereocenters. The van der Waals surface area contributed by atoms with E-state index in [2.05, 4.69) is 72.2 Å². The van der Waals surface area contributed by atoms with E-state index in [4.69, 9.17) is 0 Å². The second-order valence-electron chi connectivity index (χ2n) is 5.22. The van der Waals surface area contributed by atoms with Gasteiger partial charge in [0.1, 0.15) is 0 Å². The van der Waals surface area contributed by atoms with E-state index in [0.29, 0.717) is 0 Å². The quantitative estimate of drug-likeness (QED) is 0.591. The van der Waals surface area contributed by atoms with E-state index in [0.717, 1.165) is 6.42 Å². The number of aromatic nitrogens is 1. The minimum Gasteiger partial charge on any atom is -0.310 e. The van der Waals surface area contributed by atoms with Crippen LogP contribution >= 0.6 is 0 Å². The van der Waals surface area contributed by atoms with Crippen LogP contribution in [0.2, 0.25) is 0 Å². The Labute approximate surface area is 112 Å². The van der Waals surface area contributed by atoms with Crippen LogP contribution < -0.4 is 0 Å². The summed E-state index contributed by atoms with van der Waals surface area (Å²) in [6, 6.07) is 19.3. The predicted octanol–water partition coefficient (Wildman–Crippen LogP) is 4.59. The molecule has 0 bridgehead atoms. The fraction of sp³-hybridized carbons (Fsp3) is 0.111. The standard InChI is InChI=1S/C18H15N/c1-13-11-16-15-9-5-6-10-17(15)19(18(16)12-13)14-7-3-2-4-8-14/h2-10,12H,11H2,1H3. The monoisotopic (exact) mass is 245 g/mol. The molecule has 2 aromatic carbocycles. The molecule has 0 radical (unpaired) electrons. The minimum absolute atomic E-state index is 1.08. The highest BCUT2D eigenvalue weighted by Crippen LogP contribution is 2.36. The Hall–Kier alpha value is -2.28. The van der Waals surface area contributed by atoms with Crippen molar-refractivity contribution in [1.82, 2.24) is 4.57 Å². The van der Waals surface area contributed by atoms with Crippen molar-refractivity contribution in [1.29, 1.82) is 0 Å². The van der Waals surface area contributed by atoms with Gasteiger partial charge in [-0.3, -0.25) is 0 Å². The van der Waals surface area contributed by atoms with Crippen LogP contribution in [0.3, 0.4) is 0 Å². The summed E-state index contributed by atoms with van der Waals surface area (Å²) in [5.41, 5.74) is 6.82. The van der Waals surface area contributed by atoms with Crippen LogP contribution in [0.25, 0.3) is 22.7 Å². The smallest absolute Gasteiger partial charge is 0.0537 e. The molecule has 0 N–H and O–H groups in total. The number of hydrogen-bond acceptors (Lipinski definition) is 0. The first-order valence-electron chi connectivity index (χ1n) is 6.69. The maximum Gasteiger partial charge on any atom is 0.0537 e. The summed E-state index contributed by atoms with van der Waals surface area (Å²) in [5, 5.41) is 1.38. The molecule has 1 aromatic heterocycles. The van der Waals surface area contributed by atoms with Crippen LogP contribution in [0, 0.1) is 0 Å². The van der Waals surface area contributed by atoms with E-state index >= 15 is 0 Å². The van der Waals surface area contributed by atoms with Gasteiger partial charge in [-0.15, -0.1) is 0 Å². The van der Waals surface area contributed by atoms with Crippen molar-refractivity contribution in [3.63, 3.8) is 0 Å². The molecular formula is C18H15N. The molecule has 0 unspecified atom stereocenters. The first kappa shape index (κ1) is 10.6. The summed E-state index contributed by atoms with van der Waals surface area (Å²) in [6.07, 6.45) is 3.40. The van der Waals surface area contributed by atoms with E-state index in [-0.39, 0.29) is 0 Å². The summed E-state index contributed by atoms with van der Waals surface area (Å²) in [7, 11) is 0. The molecule has 1 aliphatic rings. The number of fused-ring (bicyclic) bond motifs is 3. The minimum atomic E-state index is 1.08. The second kappa shape index (κ2) is 3.86. The van der Waals surface area contributed by atoms with Gasteiger partial charge in [0.05, 0.1) is 11.2 Å². The molecule has 0 aliphatic heterocycles. The van der Waals surface area contributed by atoms with Crippen LogP contribution in [0.4, 0.5) is 0 Å². The molecule has 0 spiro atoms. The topological polar surface area (TPSA) is 4.93 Å². The summed E-state index contributed by atoms with van der Waals surface area (Å²) < 4.78 is 2.38. The van der Waals surface area contributed by atoms with E-state index in [9.17, 15) is 0 Å². The molecule has 4 rings (SSSR count). The molecule has 0 amide bonds. The van der Waals surface area contributed by atoms with Crippen molar-refractivity contribution in [2.24, 2.45) is 0 Å². The molecule has 1 aliphatic carbocycles. The van der Waals surface area contributed by atoms with Gasteiger partial charge in [-0.1, -0.05) is 42.0 Å². The van der Waals surface area contributed by atoms with Gasteiger partial charge in [0.2, 0.25) is 0 Å². The molecule has 1 heterocycles. The zero-order valence-corrected chi connectivity index (χ0v) is 10.9. The van der Waals surface area contributed by atoms with Gasteiger partial charge in [-0.05, 0) is 43.2 Å². The first-order chi connectivity index (χ1) is 9.34. The van der Waals surface area contributed by atoms with Crippen LogP contribution in [0.1, 0.15) is 18.2 Å². The predicted molar refractivity (Wildman–Crippen MR) is 80.6 cm³/mol. The van der Waals surface area contributed by atoms with Gasteiger partial charge in [0.15, 0.2) is 0 Å². The summed E-state index contributed by atoms with van der Waals surface area (Å²) in [6.45, 7) is 2.21. The summed E-state index contributed by atoms with van der Waals surface area (Å²) >= 11 is 0. The Morgan fingerprint density at radius 3 is 2.47 bits per heavy atom. The van der Waals surface area contributed by atoms with Gasteiger partial charge >= 0.3 is 0 Å². The number of para-hydroxylation sites is 2.